The normalized spacial score (nSPS) is 24.6. The summed E-state index contributed by atoms with van der Waals surface area (Å²) < 4.78 is 26.6. The maximum absolute atomic E-state index is 12.5. The van der Waals surface area contributed by atoms with E-state index in [1.54, 1.807) is 4.31 Å². The number of piperidine rings is 1. The summed E-state index contributed by atoms with van der Waals surface area (Å²) in [7, 11) is -3.47. The summed E-state index contributed by atoms with van der Waals surface area (Å²) in [4.78, 5) is 8.24. The van der Waals surface area contributed by atoms with E-state index >= 15 is 0 Å². The summed E-state index contributed by atoms with van der Waals surface area (Å²) in [6.07, 6.45) is 3.66. The van der Waals surface area contributed by atoms with Crippen molar-refractivity contribution in [2.24, 2.45) is 11.8 Å². The Labute approximate surface area is 120 Å². The van der Waals surface area contributed by atoms with Gasteiger partial charge in [0.1, 0.15) is 4.90 Å². The summed E-state index contributed by atoms with van der Waals surface area (Å²) in [5.41, 5.74) is 0. The molecule has 0 aromatic carbocycles. The highest BCUT2D eigenvalue weighted by atomic mass is 32.2. The smallest absolute Gasteiger partial charge is 0.246 e. The average Bonchev–Trinajstić information content (AvgIpc) is 2.43. The van der Waals surface area contributed by atoms with Crippen molar-refractivity contribution in [3.05, 3.63) is 12.4 Å². The molecule has 1 saturated heterocycles. The molecule has 1 aliphatic rings. The van der Waals surface area contributed by atoms with E-state index in [4.69, 9.17) is 0 Å². The molecule has 0 aliphatic carbocycles. The third-order valence-electron chi connectivity index (χ3n) is 3.90. The molecule has 0 radical (unpaired) electrons. The van der Waals surface area contributed by atoms with Gasteiger partial charge in [0.2, 0.25) is 16.0 Å². The summed E-state index contributed by atoms with van der Waals surface area (Å²) in [6.45, 7) is 8.04. The van der Waals surface area contributed by atoms with Crippen molar-refractivity contribution in [2.45, 2.75) is 32.1 Å². The number of nitrogens with one attached hydrogen (secondary N) is 1. The highest BCUT2D eigenvalue weighted by Gasteiger charge is 2.32. The lowest BCUT2D eigenvalue weighted by atomic mass is 9.90. The molecule has 2 atom stereocenters. The lowest BCUT2D eigenvalue weighted by Crippen LogP contribution is -2.42. The number of sulfonamides is 1. The average molecular weight is 298 g/mol. The Morgan fingerprint density at radius 2 is 1.95 bits per heavy atom. The lowest BCUT2D eigenvalue weighted by Gasteiger charge is -2.34. The maximum Gasteiger partial charge on any atom is 0.246 e. The molecule has 1 aromatic rings. The molecule has 1 N–H and O–H groups in total. The van der Waals surface area contributed by atoms with Gasteiger partial charge in [-0.3, -0.25) is 0 Å². The van der Waals surface area contributed by atoms with Gasteiger partial charge in [-0.15, -0.1) is 0 Å². The Hall–Kier alpha value is -1.21. The van der Waals surface area contributed by atoms with Crippen LogP contribution in [-0.2, 0) is 10.0 Å². The van der Waals surface area contributed by atoms with Crippen molar-refractivity contribution in [2.75, 3.05) is 25.0 Å². The summed E-state index contributed by atoms with van der Waals surface area (Å²) >= 11 is 0. The van der Waals surface area contributed by atoms with Crippen LogP contribution in [0.3, 0.4) is 0 Å². The number of hydrogen-bond donors (Lipinski definition) is 1. The maximum atomic E-state index is 12.5. The second-order valence-electron chi connectivity index (χ2n) is 5.38. The Bertz CT molecular complexity index is 544. The number of nitrogens with zero attached hydrogens (tertiary/aromatic N) is 3. The fourth-order valence-corrected chi connectivity index (χ4v) is 3.74. The van der Waals surface area contributed by atoms with Gasteiger partial charge in [0, 0.05) is 19.6 Å². The van der Waals surface area contributed by atoms with Crippen molar-refractivity contribution in [3.63, 3.8) is 0 Å². The van der Waals surface area contributed by atoms with Crippen LogP contribution in [0.25, 0.3) is 0 Å². The van der Waals surface area contributed by atoms with E-state index in [1.165, 1.54) is 12.4 Å². The number of rotatable bonds is 4. The molecule has 2 heterocycles. The Balaban J connectivity index is 2.17. The van der Waals surface area contributed by atoms with Crippen LogP contribution in [0.5, 0.6) is 0 Å². The topological polar surface area (TPSA) is 75.2 Å². The predicted octanol–water partition coefficient (Wildman–Crippen LogP) is 1.57. The minimum absolute atomic E-state index is 0.168. The molecule has 1 aliphatic heterocycles. The second-order valence-corrected chi connectivity index (χ2v) is 7.32. The van der Waals surface area contributed by atoms with E-state index in [0.717, 1.165) is 6.42 Å². The summed E-state index contributed by atoms with van der Waals surface area (Å²) in [6, 6.07) is 0. The number of hydrogen-bond acceptors (Lipinski definition) is 5. The van der Waals surface area contributed by atoms with Crippen molar-refractivity contribution in [1.82, 2.24) is 14.3 Å². The molecular formula is C13H22N4O2S. The Morgan fingerprint density at radius 3 is 2.50 bits per heavy atom. The van der Waals surface area contributed by atoms with E-state index in [9.17, 15) is 8.42 Å². The first kappa shape index (κ1) is 15.2. The van der Waals surface area contributed by atoms with Crippen molar-refractivity contribution < 1.29 is 8.42 Å². The zero-order chi connectivity index (χ0) is 14.8. The first-order chi connectivity index (χ1) is 9.45. The fraction of sp³-hybridized carbons (Fsp3) is 0.692. The predicted molar refractivity (Wildman–Crippen MR) is 77.9 cm³/mol. The molecule has 6 nitrogen and oxygen atoms in total. The third kappa shape index (κ3) is 3.09. The van der Waals surface area contributed by atoms with Gasteiger partial charge in [-0.2, -0.15) is 4.31 Å². The Kier molecular flexibility index (Phi) is 4.59. The molecule has 7 heteroatoms. The van der Waals surface area contributed by atoms with Crippen molar-refractivity contribution in [1.29, 1.82) is 0 Å². The molecule has 0 saturated carbocycles. The number of anilines is 1. The van der Waals surface area contributed by atoms with Gasteiger partial charge < -0.3 is 5.32 Å². The highest BCUT2D eigenvalue weighted by molar-refractivity contribution is 7.89. The van der Waals surface area contributed by atoms with Gasteiger partial charge in [0.05, 0.1) is 12.4 Å². The fourth-order valence-electron chi connectivity index (χ4n) is 2.29. The van der Waals surface area contributed by atoms with Crippen LogP contribution in [0.4, 0.5) is 5.95 Å². The zero-order valence-electron chi connectivity index (χ0n) is 12.2. The van der Waals surface area contributed by atoms with Crippen molar-refractivity contribution in [3.8, 4) is 0 Å². The van der Waals surface area contributed by atoms with Crippen molar-refractivity contribution >= 4 is 16.0 Å². The van der Waals surface area contributed by atoms with Crippen LogP contribution >= 0.6 is 0 Å². The second kappa shape index (κ2) is 6.05. The molecule has 0 amide bonds. The highest BCUT2D eigenvalue weighted by Crippen LogP contribution is 2.26. The molecule has 2 rings (SSSR count). The molecule has 0 spiro atoms. The minimum Gasteiger partial charge on any atom is -0.355 e. The van der Waals surface area contributed by atoms with E-state index in [1.807, 2.05) is 6.92 Å². The van der Waals surface area contributed by atoms with Crippen LogP contribution in [0.15, 0.2) is 17.3 Å². The zero-order valence-corrected chi connectivity index (χ0v) is 13.0. The van der Waals surface area contributed by atoms with Crippen LogP contribution in [-0.4, -0.2) is 42.3 Å². The molecule has 20 heavy (non-hydrogen) atoms. The monoisotopic (exact) mass is 298 g/mol. The number of aromatic nitrogens is 2. The van der Waals surface area contributed by atoms with Crippen LogP contribution in [0, 0.1) is 11.8 Å². The summed E-state index contributed by atoms with van der Waals surface area (Å²) in [5.74, 6) is 1.39. The van der Waals surface area contributed by atoms with Gasteiger partial charge >= 0.3 is 0 Å². The van der Waals surface area contributed by atoms with E-state index < -0.39 is 10.0 Å². The van der Waals surface area contributed by atoms with E-state index in [-0.39, 0.29) is 4.90 Å². The summed E-state index contributed by atoms with van der Waals surface area (Å²) in [5, 5.41) is 2.95. The first-order valence-electron chi connectivity index (χ1n) is 7.01. The largest absolute Gasteiger partial charge is 0.355 e. The SMILES string of the molecule is CCNc1ncc(S(=O)(=O)N2CCC(C)C(C)C2)cn1. The molecule has 112 valence electrons. The molecular weight excluding hydrogens is 276 g/mol. The first-order valence-corrected chi connectivity index (χ1v) is 8.45. The van der Waals surface area contributed by atoms with Gasteiger partial charge in [-0.05, 0) is 25.2 Å². The van der Waals surface area contributed by atoms with Gasteiger partial charge in [-0.25, -0.2) is 18.4 Å². The van der Waals surface area contributed by atoms with E-state index in [0.29, 0.717) is 37.4 Å². The Morgan fingerprint density at radius 1 is 1.30 bits per heavy atom. The van der Waals surface area contributed by atoms with Gasteiger partial charge in [-0.1, -0.05) is 13.8 Å². The minimum atomic E-state index is -3.47. The third-order valence-corrected chi connectivity index (χ3v) is 5.72. The van der Waals surface area contributed by atoms with Gasteiger partial charge in [0.25, 0.3) is 0 Å². The molecule has 0 bridgehead atoms. The molecule has 1 aromatic heterocycles. The van der Waals surface area contributed by atoms with Gasteiger partial charge in [0.15, 0.2) is 0 Å². The molecule has 2 unspecified atom stereocenters. The van der Waals surface area contributed by atoms with Crippen LogP contribution < -0.4 is 5.32 Å². The van der Waals surface area contributed by atoms with Crippen LogP contribution in [0.1, 0.15) is 27.2 Å². The quantitative estimate of drug-likeness (QED) is 0.913. The van der Waals surface area contributed by atoms with E-state index in [2.05, 4.69) is 29.1 Å². The molecule has 1 fully saturated rings. The van der Waals surface area contributed by atoms with Crippen LogP contribution in [0.2, 0.25) is 0 Å². The lowest BCUT2D eigenvalue weighted by molar-refractivity contribution is 0.212. The standard InChI is InChI=1S/C13H22N4O2S/c1-4-14-13-15-7-12(8-16-13)20(18,19)17-6-5-10(2)11(3)9-17/h7-8,10-11H,4-6,9H2,1-3H3,(H,14,15,16).